The lowest BCUT2D eigenvalue weighted by atomic mass is 10.2. The van der Waals surface area contributed by atoms with Gasteiger partial charge in [-0.2, -0.15) is 0 Å². The molecule has 22 heavy (non-hydrogen) atoms. The summed E-state index contributed by atoms with van der Waals surface area (Å²) < 4.78 is 7.35. The molecule has 2 rings (SSSR count). The highest BCUT2D eigenvalue weighted by Crippen LogP contribution is 2.17. The molecule has 0 aliphatic heterocycles. The van der Waals surface area contributed by atoms with Gasteiger partial charge in [0, 0.05) is 6.54 Å². The van der Waals surface area contributed by atoms with E-state index in [9.17, 15) is 9.90 Å². The molecule has 0 fully saturated rings. The SMILES string of the molecule is CCc1cccc(OCc2c(C(=O)O)nnn2CC(C)C)c1. The molecule has 1 heterocycles. The molecule has 0 spiro atoms. The number of nitrogens with zero attached hydrogens (tertiary/aromatic N) is 3. The number of hydrogen-bond donors (Lipinski definition) is 1. The highest BCUT2D eigenvalue weighted by atomic mass is 16.5. The number of carbonyl (C=O) groups is 1. The summed E-state index contributed by atoms with van der Waals surface area (Å²) in [5.74, 6) is -0.0329. The fraction of sp³-hybridized carbons (Fsp3) is 0.438. The van der Waals surface area contributed by atoms with Gasteiger partial charge in [-0.05, 0) is 30.0 Å². The summed E-state index contributed by atoms with van der Waals surface area (Å²) >= 11 is 0. The van der Waals surface area contributed by atoms with Crippen molar-refractivity contribution in [2.24, 2.45) is 5.92 Å². The van der Waals surface area contributed by atoms with Crippen LogP contribution in [0.5, 0.6) is 5.75 Å². The second-order valence-electron chi connectivity index (χ2n) is 5.56. The van der Waals surface area contributed by atoms with E-state index in [0.717, 1.165) is 6.42 Å². The van der Waals surface area contributed by atoms with Crippen LogP contribution in [0.4, 0.5) is 0 Å². The fourth-order valence-electron chi connectivity index (χ4n) is 2.14. The van der Waals surface area contributed by atoms with Crippen LogP contribution in [0.1, 0.15) is 42.5 Å². The van der Waals surface area contributed by atoms with Crippen molar-refractivity contribution in [1.82, 2.24) is 15.0 Å². The van der Waals surface area contributed by atoms with E-state index in [-0.39, 0.29) is 12.3 Å². The van der Waals surface area contributed by atoms with E-state index in [0.29, 0.717) is 23.9 Å². The zero-order valence-corrected chi connectivity index (χ0v) is 13.1. The number of aryl methyl sites for hydroxylation is 1. The number of hydrogen-bond acceptors (Lipinski definition) is 4. The Labute approximate surface area is 129 Å². The molecule has 6 nitrogen and oxygen atoms in total. The maximum absolute atomic E-state index is 11.3. The Hall–Kier alpha value is -2.37. The minimum absolute atomic E-state index is 0.0488. The van der Waals surface area contributed by atoms with Gasteiger partial charge in [-0.3, -0.25) is 0 Å². The zero-order valence-electron chi connectivity index (χ0n) is 13.1. The quantitative estimate of drug-likeness (QED) is 0.851. The fourth-order valence-corrected chi connectivity index (χ4v) is 2.14. The van der Waals surface area contributed by atoms with Gasteiger partial charge in [0.1, 0.15) is 18.1 Å². The number of carboxylic acid groups (broad SMARTS) is 1. The number of rotatable bonds is 7. The van der Waals surface area contributed by atoms with Crippen LogP contribution in [-0.4, -0.2) is 26.1 Å². The van der Waals surface area contributed by atoms with Crippen LogP contribution < -0.4 is 4.74 Å². The van der Waals surface area contributed by atoms with Crippen molar-refractivity contribution in [2.45, 2.75) is 40.3 Å². The lowest BCUT2D eigenvalue weighted by Gasteiger charge is -2.11. The molecule has 6 heteroatoms. The first kappa shape index (κ1) is 16.0. The average Bonchev–Trinajstić information content (AvgIpc) is 2.87. The van der Waals surface area contributed by atoms with Crippen LogP contribution >= 0.6 is 0 Å². The summed E-state index contributed by atoms with van der Waals surface area (Å²) in [4.78, 5) is 11.3. The first-order chi connectivity index (χ1) is 10.5. The van der Waals surface area contributed by atoms with Crippen LogP contribution in [-0.2, 0) is 19.6 Å². The molecular weight excluding hydrogens is 282 g/mol. The van der Waals surface area contributed by atoms with E-state index < -0.39 is 5.97 Å². The Morgan fingerprint density at radius 3 is 2.82 bits per heavy atom. The van der Waals surface area contributed by atoms with E-state index in [4.69, 9.17) is 4.74 Å². The molecular formula is C16H21N3O3. The third-order valence-electron chi connectivity index (χ3n) is 3.26. The summed E-state index contributed by atoms with van der Waals surface area (Å²) in [7, 11) is 0. The predicted molar refractivity (Wildman–Crippen MR) is 82.0 cm³/mol. The number of carboxylic acids is 1. The van der Waals surface area contributed by atoms with Crippen molar-refractivity contribution in [3.63, 3.8) is 0 Å². The molecule has 0 radical (unpaired) electrons. The second kappa shape index (κ2) is 7.06. The van der Waals surface area contributed by atoms with Crippen molar-refractivity contribution in [3.8, 4) is 5.75 Å². The molecule has 0 atom stereocenters. The Morgan fingerprint density at radius 2 is 2.18 bits per heavy atom. The first-order valence-electron chi connectivity index (χ1n) is 7.38. The van der Waals surface area contributed by atoms with Gasteiger partial charge in [-0.1, -0.05) is 38.1 Å². The van der Waals surface area contributed by atoms with Crippen molar-refractivity contribution in [3.05, 3.63) is 41.2 Å². The zero-order chi connectivity index (χ0) is 16.1. The van der Waals surface area contributed by atoms with Gasteiger partial charge in [0.2, 0.25) is 0 Å². The molecule has 1 aromatic carbocycles. The molecule has 0 saturated heterocycles. The van der Waals surface area contributed by atoms with Crippen LogP contribution in [0.25, 0.3) is 0 Å². The van der Waals surface area contributed by atoms with Crippen LogP contribution in [0.3, 0.4) is 0 Å². The minimum Gasteiger partial charge on any atom is -0.487 e. The van der Waals surface area contributed by atoms with E-state index >= 15 is 0 Å². The van der Waals surface area contributed by atoms with Crippen molar-refractivity contribution < 1.29 is 14.6 Å². The predicted octanol–water partition coefficient (Wildman–Crippen LogP) is 2.77. The number of benzene rings is 1. The van der Waals surface area contributed by atoms with Crippen molar-refractivity contribution in [2.75, 3.05) is 0 Å². The van der Waals surface area contributed by atoms with Gasteiger partial charge in [0.15, 0.2) is 5.69 Å². The van der Waals surface area contributed by atoms with Gasteiger partial charge in [-0.25, -0.2) is 9.48 Å². The Kier molecular flexibility index (Phi) is 5.14. The molecule has 0 unspecified atom stereocenters. The van der Waals surface area contributed by atoms with Gasteiger partial charge < -0.3 is 9.84 Å². The van der Waals surface area contributed by atoms with Gasteiger partial charge in [-0.15, -0.1) is 5.10 Å². The lowest BCUT2D eigenvalue weighted by Crippen LogP contribution is -2.14. The summed E-state index contributed by atoms with van der Waals surface area (Å²) in [5.41, 5.74) is 1.61. The minimum atomic E-state index is -1.09. The third kappa shape index (κ3) is 3.84. The molecule has 1 N–H and O–H groups in total. The topological polar surface area (TPSA) is 77.2 Å². The maximum atomic E-state index is 11.3. The molecule has 0 bridgehead atoms. The van der Waals surface area contributed by atoms with Crippen molar-refractivity contribution >= 4 is 5.97 Å². The van der Waals surface area contributed by atoms with E-state index in [2.05, 4.69) is 17.2 Å². The van der Waals surface area contributed by atoms with Gasteiger partial charge in [0.25, 0.3) is 0 Å². The van der Waals surface area contributed by atoms with E-state index in [1.165, 1.54) is 5.56 Å². The molecule has 0 aliphatic rings. The molecule has 1 aromatic heterocycles. The third-order valence-corrected chi connectivity index (χ3v) is 3.26. The number of ether oxygens (including phenoxy) is 1. The summed E-state index contributed by atoms with van der Waals surface area (Å²) in [6, 6.07) is 7.77. The number of aromatic nitrogens is 3. The van der Waals surface area contributed by atoms with Crippen molar-refractivity contribution in [1.29, 1.82) is 0 Å². The van der Waals surface area contributed by atoms with E-state index in [1.54, 1.807) is 4.68 Å². The van der Waals surface area contributed by atoms with Gasteiger partial charge in [0.05, 0.1) is 0 Å². The highest BCUT2D eigenvalue weighted by Gasteiger charge is 2.20. The Balaban J connectivity index is 2.19. The van der Waals surface area contributed by atoms with Gasteiger partial charge >= 0.3 is 5.97 Å². The maximum Gasteiger partial charge on any atom is 0.358 e. The molecule has 0 amide bonds. The van der Waals surface area contributed by atoms with E-state index in [1.807, 2.05) is 38.1 Å². The van der Waals surface area contributed by atoms with Crippen LogP contribution in [0.2, 0.25) is 0 Å². The average molecular weight is 303 g/mol. The smallest absolute Gasteiger partial charge is 0.358 e. The first-order valence-corrected chi connectivity index (χ1v) is 7.38. The monoisotopic (exact) mass is 303 g/mol. The summed E-state index contributed by atoms with van der Waals surface area (Å²) in [5, 5.41) is 16.9. The standard InChI is InChI=1S/C16H21N3O3/c1-4-12-6-5-7-13(8-12)22-10-14-15(16(20)21)17-18-19(14)9-11(2)3/h5-8,11H,4,9-10H2,1-3H3,(H,20,21). The molecule has 118 valence electrons. The lowest BCUT2D eigenvalue weighted by molar-refractivity contribution is 0.0687. The largest absolute Gasteiger partial charge is 0.487 e. The summed E-state index contributed by atoms with van der Waals surface area (Å²) in [6.07, 6.45) is 0.921. The normalized spacial score (nSPS) is 10.9. The molecule has 0 aliphatic carbocycles. The Morgan fingerprint density at radius 1 is 1.41 bits per heavy atom. The van der Waals surface area contributed by atoms with Crippen LogP contribution in [0, 0.1) is 5.92 Å². The highest BCUT2D eigenvalue weighted by molar-refractivity contribution is 5.86. The molecule has 2 aromatic rings. The summed E-state index contributed by atoms with van der Waals surface area (Å²) in [6.45, 7) is 6.89. The molecule has 0 saturated carbocycles. The number of aromatic carboxylic acids is 1. The van der Waals surface area contributed by atoms with Crippen LogP contribution in [0.15, 0.2) is 24.3 Å². The second-order valence-corrected chi connectivity index (χ2v) is 5.56. The Bertz CT molecular complexity index is 650.